The summed E-state index contributed by atoms with van der Waals surface area (Å²) in [6, 6.07) is 12.0. The van der Waals surface area contributed by atoms with Crippen LogP contribution in [0.3, 0.4) is 0 Å². The second-order valence-electron chi connectivity index (χ2n) is 7.15. The molecule has 2 aromatic rings. The van der Waals surface area contributed by atoms with Gasteiger partial charge in [-0.3, -0.25) is 9.59 Å². The van der Waals surface area contributed by atoms with Crippen molar-refractivity contribution in [1.82, 2.24) is 9.80 Å². The van der Waals surface area contributed by atoms with Gasteiger partial charge in [-0.2, -0.15) is 0 Å². The maximum absolute atomic E-state index is 12.3. The Balaban J connectivity index is 1.84. The van der Waals surface area contributed by atoms with Crippen molar-refractivity contribution in [2.24, 2.45) is 5.92 Å². The van der Waals surface area contributed by atoms with E-state index >= 15 is 0 Å². The number of rotatable bonds is 9. The van der Waals surface area contributed by atoms with E-state index in [2.05, 4.69) is 18.7 Å². The highest BCUT2D eigenvalue weighted by Gasteiger charge is 2.34. The quantitative estimate of drug-likeness (QED) is 0.720. The van der Waals surface area contributed by atoms with E-state index in [0.29, 0.717) is 13.2 Å². The lowest BCUT2D eigenvalue weighted by Crippen LogP contribution is -2.28. The molecule has 3 rings (SSSR count). The number of carboxylic acid groups (broad SMARTS) is 1. The first-order chi connectivity index (χ1) is 13.5. The summed E-state index contributed by atoms with van der Waals surface area (Å²) >= 11 is 0. The molecule has 1 unspecified atom stereocenters. The van der Waals surface area contributed by atoms with Crippen molar-refractivity contribution >= 4 is 22.6 Å². The normalized spacial score (nSPS) is 16.9. The van der Waals surface area contributed by atoms with Crippen LogP contribution >= 0.6 is 0 Å². The first-order valence-electron chi connectivity index (χ1n) is 9.89. The number of likely N-dealkylation sites (N-methyl/N-ethyl adjacent to an activating group) is 1. The van der Waals surface area contributed by atoms with Gasteiger partial charge in [0.05, 0.1) is 5.92 Å². The van der Waals surface area contributed by atoms with Crippen LogP contribution < -0.4 is 4.74 Å². The minimum absolute atomic E-state index is 0.0677. The van der Waals surface area contributed by atoms with E-state index in [-0.39, 0.29) is 18.9 Å². The number of likely N-dealkylation sites (tertiary alicyclic amines) is 1. The maximum atomic E-state index is 12.3. The van der Waals surface area contributed by atoms with Crippen molar-refractivity contribution in [1.29, 1.82) is 0 Å². The number of aliphatic carboxylic acids is 1. The third-order valence-corrected chi connectivity index (χ3v) is 5.47. The highest BCUT2D eigenvalue weighted by molar-refractivity contribution is 5.89. The number of fused-ring (bicyclic) bond motifs is 1. The fourth-order valence-electron chi connectivity index (χ4n) is 3.72. The Bertz CT molecular complexity index is 848. The molecule has 0 aromatic heterocycles. The van der Waals surface area contributed by atoms with Gasteiger partial charge in [-0.25, -0.2) is 0 Å². The number of benzene rings is 2. The summed E-state index contributed by atoms with van der Waals surface area (Å²) in [4.78, 5) is 27.5. The Labute approximate surface area is 165 Å². The van der Waals surface area contributed by atoms with Crippen LogP contribution in [-0.2, 0) is 16.1 Å². The standard InChI is InChI=1S/C22H28N2O4/c1-3-23(4-2)11-12-28-20-10-9-16-7-5-6-8-18(16)19(20)15-24-14-17(22(26)27)13-21(24)25/h5-10,17H,3-4,11-15H2,1-2H3,(H,26,27). The monoisotopic (exact) mass is 384 g/mol. The predicted molar refractivity (Wildman–Crippen MR) is 108 cm³/mol. The molecule has 1 N–H and O–H groups in total. The third-order valence-electron chi connectivity index (χ3n) is 5.47. The number of carbonyl (C=O) groups excluding carboxylic acids is 1. The molecule has 2 aromatic carbocycles. The molecule has 28 heavy (non-hydrogen) atoms. The molecular weight excluding hydrogens is 356 g/mol. The van der Waals surface area contributed by atoms with Crippen LogP contribution in [-0.4, -0.2) is 59.6 Å². The van der Waals surface area contributed by atoms with Gasteiger partial charge in [-0.1, -0.05) is 44.2 Å². The molecular formula is C22H28N2O4. The van der Waals surface area contributed by atoms with E-state index in [9.17, 15) is 14.7 Å². The van der Waals surface area contributed by atoms with Crippen molar-refractivity contribution in [3.8, 4) is 5.75 Å². The van der Waals surface area contributed by atoms with Crippen LogP contribution in [0, 0.1) is 5.92 Å². The Morgan fingerprint density at radius 2 is 1.96 bits per heavy atom. The molecule has 1 heterocycles. The molecule has 150 valence electrons. The van der Waals surface area contributed by atoms with Gasteiger partial charge in [0.15, 0.2) is 0 Å². The topological polar surface area (TPSA) is 70.1 Å². The number of carboxylic acids is 1. The summed E-state index contributed by atoms with van der Waals surface area (Å²) in [6.45, 7) is 8.22. The van der Waals surface area contributed by atoms with Gasteiger partial charge in [0, 0.05) is 31.6 Å². The second-order valence-corrected chi connectivity index (χ2v) is 7.15. The van der Waals surface area contributed by atoms with Gasteiger partial charge in [0.2, 0.25) is 5.91 Å². The third kappa shape index (κ3) is 4.44. The first kappa shape index (κ1) is 20.1. The number of carbonyl (C=O) groups is 2. The summed E-state index contributed by atoms with van der Waals surface area (Å²) in [6.07, 6.45) is 0.0677. The van der Waals surface area contributed by atoms with Gasteiger partial charge < -0.3 is 19.6 Å². The first-order valence-corrected chi connectivity index (χ1v) is 9.89. The van der Waals surface area contributed by atoms with Crippen LogP contribution in [0.2, 0.25) is 0 Å². The van der Waals surface area contributed by atoms with E-state index in [1.807, 2.05) is 36.4 Å². The zero-order valence-corrected chi connectivity index (χ0v) is 16.6. The zero-order chi connectivity index (χ0) is 20.1. The predicted octanol–water partition coefficient (Wildman–Crippen LogP) is 2.99. The smallest absolute Gasteiger partial charge is 0.308 e. The maximum Gasteiger partial charge on any atom is 0.308 e. The summed E-state index contributed by atoms with van der Waals surface area (Å²) in [5.74, 6) is -0.897. The molecule has 1 fully saturated rings. The van der Waals surface area contributed by atoms with E-state index in [1.54, 1.807) is 4.90 Å². The van der Waals surface area contributed by atoms with Gasteiger partial charge in [-0.15, -0.1) is 0 Å². The van der Waals surface area contributed by atoms with Gasteiger partial charge in [0.1, 0.15) is 12.4 Å². The lowest BCUT2D eigenvalue weighted by Gasteiger charge is -2.22. The Hall–Kier alpha value is -2.60. The Morgan fingerprint density at radius 3 is 2.64 bits per heavy atom. The molecule has 0 saturated carbocycles. The van der Waals surface area contributed by atoms with Crippen LogP contribution in [0.15, 0.2) is 36.4 Å². The molecule has 6 heteroatoms. The minimum Gasteiger partial charge on any atom is -0.492 e. The van der Waals surface area contributed by atoms with Crippen LogP contribution in [0.25, 0.3) is 10.8 Å². The Kier molecular flexibility index (Phi) is 6.52. The molecule has 0 aliphatic carbocycles. The van der Waals surface area contributed by atoms with Crippen LogP contribution in [0.5, 0.6) is 5.75 Å². The number of ether oxygens (including phenoxy) is 1. The SMILES string of the molecule is CCN(CC)CCOc1ccc2ccccc2c1CN1CC(C(=O)O)CC1=O. The van der Waals surface area contributed by atoms with Crippen molar-refractivity contribution in [2.75, 3.05) is 32.8 Å². The van der Waals surface area contributed by atoms with Gasteiger partial charge in [0.25, 0.3) is 0 Å². The average Bonchev–Trinajstić information content (AvgIpc) is 3.07. The van der Waals surface area contributed by atoms with Crippen LogP contribution in [0.4, 0.5) is 0 Å². The summed E-state index contributed by atoms with van der Waals surface area (Å²) in [5, 5.41) is 11.4. The highest BCUT2D eigenvalue weighted by Crippen LogP contribution is 2.31. The van der Waals surface area contributed by atoms with E-state index in [0.717, 1.165) is 41.7 Å². The van der Waals surface area contributed by atoms with Crippen molar-refractivity contribution in [3.63, 3.8) is 0 Å². The molecule has 0 bridgehead atoms. The highest BCUT2D eigenvalue weighted by atomic mass is 16.5. The lowest BCUT2D eigenvalue weighted by atomic mass is 10.0. The number of hydrogen-bond acceptors (Lipinski definition) is 4. The molecule has 1 aliphatic rings. The van der Waals surface area contributed by atoms with Gasteiger partial charge >= 0.3 is 5.97 Å². The molecule has 1 aliphatic heterocycles. The molecule has 1 amide bonds. The molecule has 1 saturated heterocycles. The van der Waals surface area contributed by atoms with Crippen molar-refractivity contribution in [3.05, 3.63) is 42.0 Å². The molecule has 6 nitrogen and oxygen atoms in total. The zero-order valence-electron chi connectivity index (χ0n) is 16.6. The second kappa shape index (κ2) is 9.06. The van der Waals surface area contributed by atoms with Crippen LogP contribution in [0.1, 0.15) is 25.8 Å². The fourth-order valence-corrected chi connectivity index (χ4v) is 3.72. The number of hydrogen-bond donors (Lipinski definition) is 1. The van der Waals surface area contributed by atoms with Crippen molar-refractivity contribution in [2.45, 2.75) is 26.8 Å². The lowest BCUT2D eigenvalue weighted by molar-refractivity contribution is -0.141. The van der Waals surface area contributed by atoms with E-state index in [1.165, 1.54) is 0 Å². The van der Waals surface area contributed by atoms with Crippen molar-refractivity contribution < 1.29 is 19.4 Å². The van der Waals surface area contributed by atoms with E-state index < -0.39 is 11.9 Å². The summed E-state index contributed by atoms with van der Waals surface area (Å²) < 4.78 is 6.10. The van der Waals surface area contributed by atoms with E-state index in [4.69, 9.17) is 4.74 Å². The largest absolute Gasteiger partial charge is 0.492 e. The Morgan fingerprint density at radius 1 is 1.21 bits per heavy atom. The molecule has 0 radical (unpaired) electrons. The van der Waals surface area contributed by atoms with Gasteiger partial charge in [-0.05, 0) is 29.9 Å². The summed E-state index contributed by atoms with van der Waals surface area (Å²) in [7, 11) is 0. The summed E-state index contributed by atoms with van der Waals surface area (Å²) in [5.41, 5.74) is 0.942. The fraction of sp³-hybridized carbons (Fsp3) is 0.455. The molecule has 0 spiro atoms. The minimum atomic E-state index is -0.913. The number of amides is 1. The number of nitrogens with zero attached hydrogens (tertiary/aromatic N) is 2. The molecule has 1 atom stereocenters. The average molecular weight is 384 g/mol.